The van der Waals surface area contributed by atoms with Gasteiger partial charge in [0.05, 0.1) is 13.2 Å². The highest BCUT2D eigenvalue weighted by Gasteiger charge is 2.39. The molecule has 0 unspecified atom stereocenters. The van der Waals surface area contributed by atoms with Crippen LogP contribution < -0.4 is 0 Å². The Labute approximate surface area is 107 Å². The topological polar surface area (TPSA) is 76.0 Å². The maximum atomic E-state index is 12.3. The molecule has 2 atom stereocenters. The van der Waals surface area contributed by atoms with Crippen LogP contribution in [0.2, 0.25) is 0 Å². The van der Waals surface area contributed by atoms with E-state index in [-0.39, 0.29) is 13.2 Å². The van der Waals surface area contributed by atoms with Crippen molar-refractivity contribution < 1.29 is 23.8 Å². The van der Waals surface area contributed by atoms with E-state index >= 15 is 0 Å². The van der Waals surface area contributed by atoms with Crippen molar-refractivity contribution in [1.29, 1.82) is 0 Å². The van der Waals surface area contributed by atoms with Crippen molar-refractivity contribution in [3.63, 3.8) is 0 Å². The summed E-state index contributed by atoms with van der Waals surface area (Å²) >= 11 is 0. The second kappa shape index (κ2) is 7.02. The number of aliphatic hydroxyl groups excluding tert-OH is 2. The van der Waals surface area contributed by atoms with Gasteiger partial charge in [0, 0.05) is 0 Å². The Morgan fingerprint density at radius 1 is 1.11 bits per heavy atom. The average Bonchev–Trinajstić information content (AvgIpc) is 2.38. The van der Waals surface area contributed by atoms with Gasteiger partial charge in [0.25, 0.3) is 0 Å². The second-order valence-corrected chi connectivity index (χ2v) is 5.77. The molecule has 2 N–H and O–H groups in total. The summed E-state index contributed by atoms with van der Waals surface area (Å²) in [5.41, 5.74) is 0.463. The zero-order chi connectivity index (χ0) is 13.6. The van der Waals surface area contributed by atoms with Crippen molar-refractivity contribution in [2.75, 3.05) is 13.2 Å². The first kappa shape index (κ1) is 15.3. The fraction of sp³-hybridized carbons (Fsp3) is 0.500. The Bertz CT molecular complexity index is 385. The average molecular weight is 274 g/mol. The minimum Gasteiger partial charge on any atom is -0.385 e. The van der Waals surface area contributed by atoms with Crippen LogP contribution in [0, 0.1) is 0 Å². The molecule has 0 aliphatic carbocycles. The Morgan fingerprint density at radius 3 is 2.06 bits per heavy atom. The van der Waals surface area contributed by atoms with Gasteiger partial charge < -0.3 is 19.3 Å². The molecule has 5 nitrogen and oxygen atoms in total. The van der Waals surface area contributed by atoms with E-state index in [0.29, 0.717) is 5.56 Å². The summed E-state index contributed by atoms with van der Waals surface area (Å²) < 4.78 is 22.3. The SMILES string of the molecule is CCOP(=O)(OCC)[C@H](O)[C@@H](O)c1ccccc1. The van der Waals surface area contributed by atoms with Gasteiger partial charge in [0.15, 0.2) is 5.85 Å². The third-order valence-electron chi connectivity index (χ3n) is 2.37. The van der Waals surface area contributed by atoms with Crippen LogP contribution in [-0.2, 0) is 13.6 Å². The monoisotopic (exact) mass is 274 g/mol. The molecule has 18 heavy (non-hydrogen) atoms. The fourth-order valence-corrected chi connectivity index (χ4v) is 3.16. The van der Waals surface area contributed by atoms with Crippen LogP contribution >= 0.6 is 7.60 Å². The van der Waals surface area contributed by atoms with E-state index in [1.165, 1.54) is 0 Å². The Kier molecular flexibility index (Phi) is 5.99. The van der Waals surface area contributed by atoms with Gasteiger partial charge in [-0.3, -0.25) is 4.57 Å². The molecule has 0 radical (unpaired) electrons. The van der Waals surface area contributed by atoms with E-state index in [0.717, 1.165) is 0 Å². The lowest BCUT2D eigenvalue weighted by atomic mass is 10.1. The summed E-state index contributed by atoms with van der Waals surface area (Å²) in [7, 11) is -3.73. The highest BCUT2D eigenvalue weighted by molar-refractivity contribution is 7.54. The standard InChI is InChI=1S/C12H19O5P/c1-3-16-18(15,17-4-2)12(14)11(13)10-8-6-5-7-9-10/h5-9,11-14H,3-4H2,1-2H3/t11-,12-/m0/s1. The van der Waals surface area contributed by atoms with E-state index in [1.807, 2.05) is 0 Å². The van der Waals surface area contributed by atoms with Gasteiger partial charge in [-0.05, 0) is 19.4 Å². The van der Waals surface area contributed by atoms with Crippen LogP contribution in [0.4, 0.5) is 0 Å². The third kappa shape index (κ3) is 3.64. The van der Waals surface area contributed by atoms with Gasteiger partial charge >= 0.3 is 7.60 Å². The molecule has 0 fully saturated rings. The first-order valence-corrected chi connectivity index (χ1v) is 7.46. The van der Waals surface area contributed by atoms with Crippen LogP contribution in [0.5, 0.6) is 0 Å². The molecule has 0 saturated heterocycles. The van der Waals surface area contributed by atoms with Crippen molar-refractivity contribution in [2.45, 2.75) is 25.8 Å². The lowest BCUT2D eigenvalue weighted by Gasteiger charge is -2.25. The van der Waals surface area contributed by atoms with Gasteiger partial charge in [-0.1, -0.05) is 30.3 Å². The number of rotatable bonds is 7. The van der Waals surface area contributed by atoms with Crippen LogP contribution in [0.25, 0.3) is 0 Å². The molecule has 0 amide bonds. The Morgan fingerprint density at radius 2 is 1.61 bits per heavy atom. The van der Waals surface area contributed by atoms with Crippen molar-refractivity contribution in [3.8, 4) is 0 Å². The number of hydrogen-bond acceptors (Lipinski definition) is 5. The highest BCUT2D eigenvalue weighted by Crippen LogP contribution is 2.55. The highest BCUT2D eigenvalue weighted by atomic mass is 31.2. The molecule has 6 heteroatoms. The van der Waals surface area contributed by atoms with Crippen molar-refractivity contribution in [3.05, 3.63) is 35.9 Å². The minimum atomic E-state index is -3.73. The molecular weight excluding hydrogens is 255 g/mol. The quantitative estimate of drug-likeness (QED) is 0.746. The van der Waals surface area contributed by atoms with E-state index in [1.54, 1.807) is 44.2 Å². The summed E-state index contributed by atoms with van der Waals surface area (Å²) in [5, 5.41) is 20.0. The summed E-state index contributed by atoms with van der Waals surface area (Å²) in [6.45, 7) is 3.56. The van der Waals surface area contributed by atoms with Gasteiger partial charge in [-0.2, -0.15) is 0 Å². The van der Waals surface area contributed by atoms with E-state index in [9.17, 15) is 14.8 Å². The van der Waals surface area contributed by atoms with Crippen molar-refractivity contribution in [1.82, 2.24) is 0 Å². The fourth-order valence-electron chi connectivity index (χ4n) is 1.55. The Hall–Kier alpha value is -0.710. The van der Waals surface area contributed by atoms with Gasteiger partial charge in [0.2, 0.25) is 0 Å². The zero-order valence-electron chi connectivity index (χ0n) is 10.5. The summed E-state index contributed by atoms with van der Waals surface area (Å²) in [6.07, 6.45) is -1.31. The van der Waals surface area contributed by atoms with Gasteiger partial charge in [-0.15, -0.1) is 0 Å². The second-order valence-electron chi connectivity index (χ2n) is 3.64. The molecule has 1 aromatic carbocycles. The molecule has 0 aromatic heterocycles. The Balaban J connectivity index is 2.89. The van der Waals surface area contributed by atoms with E-state index in [2.05, 4.69) is 0 Å². The largest absolute Gasteiger partial charge is 0.385 e. The zero-order valence-corrected chi connectivity index (χ0v) is 11.4. The third-order valence-corrected chi connectivity index (χ3v) is 4.53. The normalized spacial score (nSPS) is 15.3. The summed E-state index contributed by atoms with van der Waals surface area (Å²) in [6, 6.07) is 8.49. The molecule has 0 aliphatic rings. The minimum absolute atomic E-state index is 0.135. The lowest BCUT2D eigenvalue weighted by molar-refractivity contribution is 0.0401. The molecule has 1 rings (SSSR count). The first-order chi connectivity index (χ1) is 8.55. The van der Waals surface area contributed by atoms with Gasteiger partial charge in [0.1, 0.15) is 6.10 Å². The molecule has 0 bridgehead atoms. The van der Waals surface area contributed by atoms with Crippen LogP contribution in [0.15, 0.2) is 30.3 Å². The molecule has 0 saturated carbocycles. The first-order valence-electron chi connectivity index (χ1n) is 5.85. The molecule has 0 aliphatic heterocycles. The predicted molar refractivity (Wildman–Crippen MR) is 68.3 cm³/mol. The van der Waals surface area contributed by atoms with Crippen LogP contribution in [0.1, 0.15) is 25.5 Å². The molecule has 0 heterocycles. The maximum Gasteiger partial charge on any atom is 0.361 e. The van der Waals surface area contributed by atoms with Crippen LogP contribution in [0.3, 0.4) is 0 Å². The molecule has 102 valence electrons. The predicted octanol–water partition coefficient (Wildman–Crippen LogP) is 2.30. The number of aliphatic hydroxyl groups is 2. The van der Waals surface area contributed by atoms with Gasteiger partial charge in [-0.25, -0.2) is 0 Å². The summed E-state index contributed by atoms with van der Waals surface area (Å²) in [4.78, 5) is 0. The van der Waals surface area contributed by atoms with Crippen LogP contribution in [-0.4, -0.2) is 29.3 Å². The number of benzene rings is 1. The molecule has 1 aromatic rings. The van der Waals surface area contributed by atoms with Crippen molar-refractivity contribution >= 4 is 7.60 Å². The number of hydrogen-bond donors (Lipinski definition) is 2. The molecular formula is C12H19O5P. The maximum absolute atomic E-state index is 12.3. The lowest BCUT2D eigenvalue weighted by Crippen LogP contribution is -2.21. The smallest absolute Gasteiger partial charge is 0.361 e. The summed E-state index contributed by atoms with van der Waals surface area (Å²) in [5.74, 6) is -1.60. The van der Waals surface area contributed by atoms with E-state index < -0.39 is 19.5 Å². The van der Waals surface area contributed by atoms with Crippen molar-refractivity contribution in [2.24, 2.45) is 0 Å². The molecule has 0 spiro atoms. The van der Waals surface area contributed by atoms with E-state index in [4.69, 9.17) is 9.05 Å².